The highest BCUT2D eigenvalue weighted by molar-refractivity contribution is 6.04. The third-order valence-electron chi connectivity index (χ3n) is 6.03. The lowest BCUT2D eigenvalue weighted by Crippen LogP contribution is -2.38. The molecule has 1 amide bonds. The van der Waals surface area contributed by atoms with E-state index in [1.807, 2.05) is 53.9 Å². The Morgan fingerprint density at radius 2 is 1.87 bits per heavy atom. The Balaban J connectivity index is 1.36. The number of amides is 1. The van der Waals surface area contributed by atoms with Crippen molar-refractivity contribution < 1.29 is 4.79 Å². The molecule has 1 saturated heterocycles. The van der Waals surface area contributed by atoms with E-state index in [0.717, 1.165) is 46.7 Å². The molecule has 0 atom stereocenters. The zero-order valence-electron chi connectivity index (χ0n) is 17.0. The maximum absolute atomic E-state index is 13.1. The molecule has 1 aliphatic heterocycles. The van der Waals surface area contributed by atoms with E-state index in [-0.39, 0.29) is 11.8 Å². The summed E-state index contributed by atoms with van der Waals surface area (Å²) < 4.78 is 2.04. The zero-order valence-corrected chi connectivity index (χ0v) is 17.0. The second-order valence-electron chi connectivity index (χ2n) is 7.72. The summed E-state index contributed by atoms with van der Waals surface area (Å²) in [6, 6.07) is 7.72. The van der Waals surface area contributed by atoms with Gasteiger partial charge in [0.15, 0.2) is 5.69 Å². The molecule has 30 heavy (non-hydrogen) atoms. The lowest BCUT2D eigenvalue weighted by Gasteiger charge is -2.31. The molecule has 5 rings (SSSR count). The summed E-state index contributed by atoms with van der Waals surface area (Å²) >= 11 is 0. The van der Waals surface area contributed by atoms with Crippen molar-refractivity contribution in [1.29, 1.82) is 0 Å². The van der Waals surface area contributed by atoms with Crippen LogP contribution in [0, 0.1) is 6.92 Å². The number of aromatic amines is 1. The van der Waals surface area contributed by atoms with Crippen LogP contribution in [0.3, 0.4) is 0 Å². The Bertz CT molecular complexity index is 1220. The summed E-state index contributed by atoms with van der Waals surface area (Å²) in [7, 11) is 1.99. The van der Waals surface area contributed by atoms with E-state index in [4.69, 9.17) is 0 Å². The molecule has 1 fully saturated rings. The number of rotatable bonds is 3. The molecular formula is C22H23N7O. The molecule has 1 aliphatic rings. The SMILES string of the molecule is Cc1ncc(-c2nccnc2C2CCN(C(=O)c3n[nH]c4ccccc34)CC2)n1C. The quantitative estimate of drug-likeness (QED) is 0.569. The van der Waals surface area contributed by atoms with E-state index < -0.39 is 0 Å². The van der Waals surface area contributed by atoms with E-state index in [2.05, 4.69) is 25.1 Å². The maximum Gasteiger partial charge on any atom is 0.274 e. The molecule has 4 aromatic rings. The van der Waals surface area contributed by atoms with Crippen LogP contribution in [0.25, 0.3) is 22.3 Å². The first-order valence-corrected chi connectivity index (χ1v) is 10.2. The molecule has 0 bridgehead atoms. The predicted octanol–water partition coefficient (Wildman–Crippen LogP) is 3.08. The van der Waals surface area contributed by atoms with Crippen molar-refractivity contribution >= 4 is 16.8 Å². The first kappa shape index (κ1) is 18.5. The summed E-state index contributed by atoms with van der Waals surface area (Å²) in [6.07, 6.45) is 7.01. The topological polar surface area (TPSA) is 92.6 Å². The lowest BCUT2D eigenvalue weighted by molar-refractivity contribution is 0.0708. The van der Waals surface area contributed by atoms with Crippen LogP contribution in [-0.4, -0.2) is 53.6 Å². The average molecular weight is 401 g/mol. The number of likely N-dealkylation sites (tertiary alicyclic amines) is 1. The molecule has 8 nitrogen and oxygen atoms in total. The molecule has 8 heteroatoms. The van der Waals surface area contributed by atoms with Gasteiger partial charge >= 0.3 is 0 Å². The van der Waals surface area contributed by atoms with Crippen molar-refractivity contribution in [2.24, 2.45) is 7.05 Å². The van der Waals surface area contributed by atoms with Gasteiger partial charge in [-0.05, 0) is 25.8 Å². The Hall–Kier alpha value is -3.55. The van der Waals surface area contributed by atoms with Crippen molar-refractivity contribution in [3.05, 3.63) is 60.1 Å². The standard InChI is InChI=1S/C22H23N7O/c1-14-25-13-18(28(14)2)21-19(23-9-10-24-21)15-7-11-29(12-8-15)22(30)20-16-5-3-4-6-17(16)26-27-20/h3-6,9-10,13,15H,7-8,11-12H2,1-2H3,(H,26,27). The number of nitrogens with one attached hydrogen (secondary N) is 1. The molecule has 3 aromatic heterocycles. The van der Waals surface area contributed by atoms with Crippen LogP contribution in [-0.2, 0) is 7.05 Å². The number of carbonyl (C=O) groups is 1. The van der Waals surface area contributed by atoms with Gasteiger partial charge in [-0.15, -0.1) is 0 Å². The van der Waals surface area contributed by atoms with Gasteiger partial charge in [0.25, 0.3) is 5.91 Å². The van der Waals surface area contributed by atoms with E-state index in [1.54, 1.807) is 12.4 Å². The minimum Gasteiger partial charge on any atom is -0.337 e. The number of aryl methyl sites for hydroxylation is 1. The molecule has 152 valence electrons. The van der Waals surface area contributed by atoms with E-state index in [0.29, 0.717) is 18.8 Å². The first-order valence-electron chi connectivity index (χ1n) is 10.2. The molecule has 0 radical (unpaired) electrons. The fraction of sp³-hybridized carbons (Fsp3) is 0.318. The smallest absolute Gasteiger partial charge is 0.274 e. The van der Waals surface area contributed by atoms with Crippen molar-refractivity contribution in [3.63, 3.8) is 0 Å². The minimum absolute atomic E-state index is 0.0208. The summed E-state index contributed by atoms with van der Waals surface area (Å²) in [5, 5.41) is 8.08. The second kappa shape index (κ2) is 7.37. The number of piperidine rings is 1. The van der Waals surface area contributed by atoms with Crippen LogP contribution in [0.4, 0.5) is 0 Å². The second-order valence-corrected chi connectivity index (χ2v) is 7.72. The third kappa shape index (κ3) is 3.04. The average Bonchev–Trinajstić information content (AvgIpc) is 3.37. The normalized spacial score (nSPS) is 15.1. The van der Waals surface area contributed by atoms with Gasteiger partial charge in [-0.2, -0.15) is 5.10 Å². The highest BCUT2D eigenvalue weighted by atomic mass is 16.2. The number of para-hydroxylation sites is 1. The summed E-state index contributed by atoms with van der Waals surface area (Å²) in [4.78, 5) is 28.6. The Morgan fingerprint density at radius 3 is 2.63 bits per heavy atom. The van der Waals surface area contributed by atoms with E-state index in [1.165, 1.54) is 0 Å². The number of benzene rings is 1. The van der Waals surface area contributed by atoms with Crippen LogP contribution in [0.2, 0.25) is 0 Å². The van der Waals surface area contributed by atoms with Crippen LogP contribution < -0.4 is 0 Å². The van der Waals surface area contributed by atoms with Crippen molar-refractivity contribution in [3.8, 4) is 11.4 Å². The number of H-pyrrole nitrogens is 1. The highest BCUT2D eigenvalue weighted by Gasteiger charge is 2.29. The number of carbonyl (C=O) groups excluding carboxylic acids is 1. The molecule has 0 unspecified atom stereocenters. The largest absolute Gasteiger partial charge is 0.337 e. The molecular weight excluding hydrogens is 378 g/mol. The monoisotopic (exact) mass is 401 g/mol. The number of aromatic nitrogens is 6. The Kier molecular flexibility index (Phi) is 4.54. The summed E-state index contributed by atoms with van der Waals surface area (Å²) in [5.74, 6) is 1.17. The number of hydrogen-bond donors (Lipinski definition) is 1. The highest BCUT2D eigenvalue weighted by Crippen LogP contribution is 2.33. The summed E-state index contributed by atoms with van der Waals surface area (Å²) in [5.41, 5.74) is 4.21. The van der Waals surface area contributed by atoms with Crippen LogP contribution in [0.5, 0.6) is 0 Å². The Labute approximate surface area is 174 Å². The van der Waals surface area contributed by atoms with Gasteiger partial charge in [0.05, 0.1) is 23.1 Å². The van der Waals surface area contributed by atoms with Crippen LogP contribution in [0.15, 0.2) is 42.9 Å². The molecule has 0 spiro atoms. The fourth-order valence-electron chi connectivity index (χ4n) is 4.20. The summed E-state index contributed by atoms with van der Waals surface area (Å²) in [6.45, 7) is 3.32. The lowest BCUT2D eigenvalue weighted by atomic mass is 9.91. The molecule has 4 heterocycles. The maximum atomic E-state index is 13.1. The molecule has 1 N–H and O–H groups in total. The number of hydrogen-bond acceptors (Lipinski definition) is 5. The Morgan fingerprint density at radius 1 is 1.10 bits per heavy atom. The number of fused-ring (bicyclic) bond motifs is 1. The van der Waals surface area contributed by atoms with Gasteiger partial charge in [0, 0.05) is 43.8 Å². The van der Waals surface area contributed by atoms with Crippen molar-refractivity contribution in [2.75, 3.05) is 13.1 Å². The van der Waals surface area contributed by atoms with Crippen LogP contribution >= 0.6 is 0 Å². The fourth-order valence-corrected chi connectivity index (χ4v) is 4.20. The molecule has 1 aromatic carbocycles. The van der Waals surface area contributed by atoms with Gasteiger partial charge in [0.2, 0.25) is 0 Å². The predicted molar refractivity (Wildman–Crippen MR) is 113 cm³/mol. The van der Waals surface area contributed by atoms with Gasteiger partial charge in [-0.1, -0.05) is 18.2 Å². The number of nitrogens with zero attached hydrogens (tertiary/aromatic N) is 6. The first-order chi connectivity index (χ1) is 14.6. The van der Waals surface area contributed by atoms with Crippen molar-refractivity contribution in [2.45, 2.75) is 25.7 Å². The third-order valence-corrected chi connectivity index (χ3v) is 6.03. The van der Waals surface area contributed by atoms with E-state index >= 15 is 0 Å². The molecule has 0 aliphatic carbocycles. The minimum atomic E-state index is -0.0208. The van der Waals surface area contributed by atoms with Gasteiger partial charge in [0.1, 0.15) is 11.5 Å². The zero-order chi connectivity index (χ0) is 20.7. The van der Waals surface area contributed by atoms with Gasteiger partial charge in [-0.3, -0.25) is 19.9 Å². The van der Waals surface area contributed by atoms with Crippen molar-refractivity contribution in [1.82, 2.24) is 34.6 Å². The van der Waals surface area contributed by atoms with Gasteiger partial charge in [-0.25, -0.2) is 4.98 Å². The molecule has 0 saturated carbocycles. The van der Waals surface area contributed by atoms with Gasteiger partial charge < -0.3 is 9.47 Å². The number of imidazole rings is 1. The van der Waals surface area contributed by atoms with E-state index in [9.17, 15) is 4.79 Å². The van der Waals surface area contributed by atoms with Crippen LogP contribution in [0.1, 0.15) is 40.8 Å².